The molecule has 61 heavy (non-hydrogen) atoms. The number of nitrogens with zero attached hydrogens (tertiary/aromatic N) is 1. The molecular formula is C58H41NO2. The van der Waals surface area contributed by atoms with Gasteiger partial charge in [0.25, 0.3) is 0 Å². The smallest absolute Gasteiger partial charge is 0.143 e. The van der Waals surface area contributed by atoms with Crippen LogP contribution in [0.1, 0.15) is 49.9 Å². The van der Waals surface area contributed by atoms with Gasteiger partial charge in [0.1, 0.15) is 22.3 Å². The average Bonchev–Trinajstić information content (AvgIpc) is 3.99. The molecule has 9 aromatic carbocycles. The molecule has 0 bridgehead atoms. The highest BCUT2D eigenvalue weighted by atomic mass is 16.3. The molecule has 290 valence electrons. The van der Waals surface area contributed by atoms with Gasteiger partial charge in [-0.1, -0.05) is 149 Å². The third-order valence-corrected chi connectivity index (χ3v) is 14.0. The molecule has 0 saturated carbocycles. The zero-order chi connectivity index (χ0) is 40.8. The van der Waals surface area contributed by atoms with E-state index in [-0.39, 0.29) is 10.8 Å². The van der Waals surface area contributed by atoms with E-state index in [1.807, 2.05) is 6.07 Å². The number of anilines is 3. The van der Waals surface area contributed by atoms with Crippen LogP contribution in [-0.4, -0.2) is 0 Å². The van der Waals surface area contributed by atoms with E-state index in [0.29, 0.717) is 0 Å². The van der Waals surface area contributed by atoms with Gasteiger partial charge in [-0.15, -0.1) is 0 Å². The molecule has 0 amide bonds. The predicted octanol–water partition coefficient (Wildman–Crippen LogP) is 16.4. The van der Waals surface area contributed by atoms with E-state index in [1.54, 1.807) is 0 Å². The van der Waals surface area contributed by atoms with E-state index >= 15 is 0 Å². The number of benzene rings is 9. The Morgan fingerprint density at radius 1 is 0.377 bits per heavy atom. The second-order valence-corrected chi connectivity index (χ2v) is 18.0. The SMILES string of the molecule is CC1(C)c2ccccc2-c2ccc(-c3cc(N(c4ccc5c(c4)C(C)(C)c4ccccc4-5)c4cccc5ccccc45)cc4c3oc3ccc5oc6ccccc6c5c34)cc21. The topological polar surface area (TPSA) is 29.5 Å². The lowest BCUT2D eigenvalue weighted by Crippen LogP contribution is -2.16. The molecule has 2 aliphatic carbocycles. The largest absolute Gasteiger partial charge is 0.456 e. The van der Waals surface area contributed by atoms with E-state index in [2.05, 4.69) is 202 Å². The Hall–Kier alpha value is -7.36. The first kappa shape index (κ1) is 34.5. The van der Waals surface area contributed by atoms with Gasteiger partial charge in [-0.25, -0.2) is 0 Å². The van der Waals surface area contributed by atoms with E-state index < -0.39 is 0 Å². The number of fused-ring (bicyclic) bond motifs is 14. The Balaban J connectivity index is 1.14. The van der Waals surface area contributed by atoms with Crippen molar-refractivity contribution in [3.8, 4) is 33.4 Å². The van der Waals surface area contributed by atoms with E-state index in [9.17, 15) is 0 Å². The summed E-state index contributed by atoms with van der Waals surface area (Å²) in [6, 6.07) is 64.5. The van der Waals surface area contributed by atoms with Gasteiger partial charge in [-0.2, -0.15) is 0 Å². The minimum Gasteiger partial charge on any atom is -0.456 e. The van der Waals surface area contributed by atoms with Gasteiger partial charge in [-0.05, 0) is 110 Å². The van der Waals surface area contributed by atoms with Crippen molar-refractivity contribution < 1.29 is 8.83 Å². The molecule has 11 aromatic rings. The van der Waals surface area contributed by atoms with Gasteiger partial charge in [-0.3, -0.25) is 0 Å². The van der Waals surface area contributed by atoms with Crippen LogP contribution < -0.4 is 4.90 Å². The first-order chi connectivity index (χ1) is 29.8. The number of rotatable bonds is 4. The highest BCUT2D eigenvalue weighted by Gasteiger charge is 2.37. The predicted molar refractivity (Wildman–Crippen MR) is 254 cm³/mol. The van der Waals surface area contributed by atoms with E-state index in [1.165, 1.54) is 55.3 Å². The maximum absolute atomic E-state index is 7.08. The summed E-state index contributed by atoms with van der Waals surface area (Å²) in [6.45, 7) is 9.43. The molecule has 3 heteroatoms. The molecule has 0 fully saturated rings. The first-order valence-corrected chi connectivity index (χ1v) is 21.3. The molecule has 0 saturated heterocycles. The lowest BCUT2D eigenvalue weighted by molar-refractivity contribution is 0.660. The summed E-state index contributed by atoms with van der Waals surface area (Å²) in [5, 5.41) is 6.67. The third-order valence-electron chi connectivity index (χ3n) is 14.0. The van der Waals surface area contributed by atoms with Crippen molar-refractivity contribution in [2.75, 3.05) is 4.90 Å². The van der Waals surface area contributed by atoms with Crippen molar-refractivity contribution in [3.05, 3.63) is 198 Å². The highest BCUT2D eigenvalue weighted by Crippen LogP contribution is 2.54. The summed E-state index contributed by atoms with van der Waals surface area (Å²) >= 11 is 0. The standard InChI is InChI=1S/C58H41NO2/c1-57(2)46-20-10-7-17-39(46)41-26-24-35(30-48(41)57)44-31-37(32-45-55-53(61-56(44)45)29-28-52-54(55)43-19-9-12-23-51(43)60-52)59(50-22-13-15-34-14-5-6-16-38(34)50)36-25-27-42-40-18-8-11-21-47(40)58(3,4)49(42)33-36/h5-33H,1-4H3. The number of furan rings is 2. The van der Waals surface area contributed by atoms with Crippen molar-refractivity contribution in [3.63, 3.8) is 0 Å². The summed E-state index contributed by atoms with van der Waals surface area (Å²) in [5.41, 5.74) is 19.2. The third kappa shape index (κ3) is 4.69. The zero-order valence-electron chi connectivity index (χ0n) is 34.5. The first-order valence-electron chi connectivity index (χ1n) is 21.3. The van der Waals surface area contributed by atoms with Crippen LogP contribution in [0.4, 0.5) is 17.1 Å². The zero-order valence-corrected chi connectivity index (χ0v) is 34.5. The van der Waals surface area contributed by atoms with Crippen LogP contribution >= 0.6 is 0 Å². The number of hydrogen-bond acceptors (Lipinski definition) is 3. The maximum atomic E-state index is 7.08. The Morgan fingerprint density at radius 3 is 1.74 bits per heavy atom. The fourth-order valence-electron chi connectivity index (χ4n) is 11.0. The van der Waals surface area contributed by atoms with Crippen LogP contribution in [0, 0.1) is 0 Å². The summed E-state index contributed by atoms with van der Waals surface area (Å²) in [6.07, 6.45) is 0. The van der Waals surface area contributed by atoms with Crippen LogP contribution in [0.3, 0.4) is 0 Å². The molecule has 2 aromatic heterocycles. The Morgan fingerprint density at radius 2 is 0.967 bits per heavy atom. The lowest BCUT2D eigenvalue weighted by Gasteiger charge is -2.29. The normalized spacial score (nSPS) is 14.5. The molecule has 0 unspecified atom stereocenters. The highest BCUT2D eigenvalue weighted by molar-refractivity contribution is 6.27. The molecule has 13 rings (SSSR count). The number of hydrogen-bond donors (Lipinski definition) is 0. The van der Waals surface area contributed by atoms with Crippen LogP contribution in [0.15, 0.2) is 185 Å². The van der Waals surface area contributed by atoms with E-state index in [0.717, 1.165) is 72.1 Å². The Bertz CT molecular complexity index is 3660. The molecule has 0 radical (unpaired) electrons. The van der Waals surface area contributed by atoms with Crippen molar-refractivity contribution >= 4 is 71.7 Å². The van der Waals surface area contributed by atoms with Gasteiger partial charge in [0, 0.05) is 54.7 Å². The second-order valence-electron chi connectivity index (χ2n) is 18.0. The minimum absolute atomic E-state index is 0.155. The summed E-state index contributed by atoms with van der Waals surface area (Å²) in [5.74, 6) is 0. The second kappa shape index (κ2) is 12.1. The Kier molecular flexibility index (Phi) is 6.85. The van der Waals surface area contributed by atoms with Crippen LogP contribution in [-0.2, 0) is 10.8 Å². The molecule has 2 heterocycles. The van der Waals surface area contributed by atoms with Gasteiger partial charge in [0.15, 0.2) is 0 Å². The molecule has 0 aliphatic heterocycles. The maximum Gasteiger partial charge on any atom is 0.143 e. The molecule has 0 atom stereocenters. The van der Waals surface area contributed by atoms with Crippen molar-refractivity contribution in [2.24, 2.45) is 0 Å². The fourth-order valence-corrected chi connectivity index (χ4v) is 11.0. The van der Waals surface area contributed by atoms with Gasteiger partial charge in [0.05, 0.1) is 5.69 Å². The van der Waals surface area contributed by atoms with Crippen LogP contribution in [0.2, 0.25) is 0 Å². The Labute approximate surface area is 354 Å². The van der Waals surface area contributed by atoms with Gasteiger partial charge < -0.3 is 13.7 Å². The molecular weight excluding hydrogens is 743 g/mol. The minimum atomic E-state index is -0.162. The molecule has 0 N–H and O–H groups in total. The molecule has 3 nitrogen and oxygen atoms in total. The van der Waals surface area contributed by atoms with Crippen molar-refractivity contribution in [2.45, 2.75) is 38.5 Å². The average molecular weight is 784 g/mol. The molecule has 0 spiro atoms. The monoisotopic (exact) mass is 783 g/mol. The quantitative estimate of drug-likeness (QED) is 0.178. The van der Waals surface area contributed by atoms with Crippen molar-refractivity contribution in [1.82, 2.24) is 0 Å². The molecule has 2 aliphatic rings. The van der Waals surface area contributed by atoms with Gasteiger partial charge >= 0.3 is 0 Å². The van der Waals surface area contributed by atoms with E-state index in [4.69, 9.17) is 8.83 Å². The van der Waals surface area contributed by atoms with Gasteiger partial charge in [0.2, 0.25) is 0 Å². The summed E-state index contributed by atoms with van der Waals surface area (Å²) < 4.78 is 13.6. The summed E-state index contributed by atoms with van der Waals surface area (Å²) in [7, 11) is 0. The van der Waals surface area contributed by atoms with Crippen LogP contribution in [0.25, 0.3) is 88.0 Å². The number of para-hydroxylation sites is 1. The van der Waals surface area contributed by atoms with Crippen molar-refractivity contribution in [1.29, 1.82) is 0 Å². The summed E-state index contributed by atoms with van der Waals surface area (Å²) in [4.78, 5) is 2.48. The fraction of sp³-hybridized carbons (Fsp3) is 0.103. The lowest BCUT2D eigenvalue weighted by atomic mass is 9.81. The van der Waals surface area contributed by atoms with Crippen LogP contribution in [0.5, 0.6) is 0 Å².